The van der Waals surface area contributed by atoms with Crippen LogP contribution in [0.15, 0.2) is 170 Å². The van der Waals surface area contributed by atoms with Gasteiger partial charge in [-0.15, -0.1) is 10.2 Å². The topological polar surface area (TPSA) is 38.9 Å². The summed E-state index contributed by atoms with van der Waals surface area (Å²) in [6.07, 6.45) is 26.8. The van der Waals surface area contributed by atoms with E-state index in [0.29, 0.717) is 0 Å². The molecular formula is C46H39N5. The predicted octanol–water partition coefficient (Wildman–Crippen LogP) is 12.0. The molecule has 2 heterocycles. The van der Waals surface area contributed by atoms with Crippen LogP contribution in [-0.4, -0.2) is 19.3 Å². The summed E-state index contributed by atoms with van der Waals surface area (Å²) in [5.41, 5.74) is 10.9. The second-order valence-corrected chi connectivity index (χ2v) is 12.6. The smallest absolute Gasteiger partial charge is 0.168 e. The van der Waals surface area contributed by atoms with Crippen LogP contribution < -0.4 is 4.90 Å². The van der Waals surface area contributed by atoms with Gasteiger partial charge in [0.1, 0.15) is 0 Å². The first-order valence-corrected chi connectivity index (χ1v) is 17.5. The van der Waals surface area contributed by atoms with E-state index in [1.54, 1.807) is 0 Å². The zero-order valence-electron chi connectivity index (χ0n) is 28.7. The van der Waals surface area contributed by atoms with E-state index in [0.717, 1.165) is 70.5 Å². The lowest BCUT2D eigenvalue weighted by atomic mass is 10.1. The summed E-state index contributed by atoms with van der Waals surface area (Å²) in [6.45, 7) is 6.39. The molecule has 4 aromatic carbocycles. The van der Waals surface area contributed by atoms with Crippen molar-refractivity contribution in [3.8, 4) is 28.5 Å². The first-order valence-electron chi connectivity index (χ1n) is 17.5. The Kier molecular flexibility index (Phi) is 8.84. The summed E-state index contributed by atoms with van der Waals surface area (Å²) >= 11 is 0. The van der Waals surface area contributed by atoms with Crippen molar-refractivity contribution in [2.75, 3.05) is 4.90 Å². The van der Waals surface area contributed by atoms with Crippen LogP contribution in [0.25, 0.3) is 57.2 Å². The van der Waals surface area contributed by atoms with Crippen LogP contribution in [0.5, 0.6) is 0 Å². The average molecular weight is 662 g/mol. The Bertz CT molecular complexity index is 2390. The maximum atomic E-state index is 4.68. The molecule has 0 aliphatic heterocycles. The fourth-order valence-electron chi connectivity index (χ4n) is 6.94. The maximum absolute atomic E-state index is 4.68. The highest BCUT2D eigenvalue weighted by molar-refractivity contribution is 5.96. The molecule has 8 rings (SSSR count). The molecule has 2 aliphatic rings. The van der Waals surface area contributed by atoms with Crippen LogP contribution in [0.1, 0.15) is 37.4 Å². The molecule has 0 saturated heterocycles. The molecule has 2 aliphatic carbocycles. The molecule has 0 fully saturated rings. The monoisotopic (exact) mass is 661 g/mol. The predicted molar refractivity (Wildman–Crippen MR) is 215 cm³/mol. The maximum Gasteiger partial charge on any atom is 0.168 e. The van der Waals surface area contributed by atoms with Gasteiger partial charge >= 0.3 is 0 Å². The SMILES string of the molecule is C=C(/C=C\C=C/C)n1c(-c2ccccc2)nnc1-c1ccc(N(C2=CCCC=C2)c2ccc(-n3c4c(c5ccccc53)C=CCC=C4)cc2)cc1. The molecule has 5 nitrogen and oxygen atoms in total. The largest absolute Gasteiger partial charge is 0.311 e. The van der Waals surface area contributed by atoms with Crippen LogP contribution in [0.2, 0.25) is 0 Å². The molecule has 0 amide bonds. The van der Waals surface area contributed by atoms with Gasteiger partial charge in [-0.25, -0.2) is 0 Å². The van der Waals surface area contributed by atoms with Crippen molar-refractivity contribution in [3.63, 3.8) is 0 Å². The van der Waals surface area contributed by atoms with E-state index in [1.165, 1.54) is 22.2 Å². The van der Waals surface area contributed by atoms with E-state index in [9.17, 15) is 0 Å². The van der Waals surface area contributed by atoms with Crippen molar-refractivity contribution in [1.82, 2.24) is 19.3 Å². The molecule has 2 aromatic heterocycles. The normalized spacial score (nSPS) is 13.9. The van der Waals surface area contributed by atoms with Gasteiger partial charge in [-0.05, 0) is 99.0 Å². The minimum Gasteiger partial charge on any atom is -0.311 e. The molecule has 248 valence electrons. The van der Waals surface area contributed by atoms with Crippen LogP contribution in [0, 0.1) is 0 Å². The Balaban J connectivity index is 1.17. The van der Waals surface area contributed by atoms with Crippen LogP contribution in [0.3, 0.4) is 0 Å². The summed E-state index contributed by atoms with van der Waals surface area (Å²) in [6, 6.07) is 36.3. The van der Waals surface area contributed by atoms with Crippen molar-refractivity contribution in [2.24, 2.45) is 0 Å². The summed E-state index contributed by atoms with van der Waals surface area (Å²) in [7, 11) is 0. The highest BCUT2D eigenvalue weighted by Crippen LogP contribution is 2.37. The number of allylic oxidation sites excluding steroid dienone is 10. The molecular weight excluding hydrogens is 623 g/mol. The Morgan fingerprint density at radius 1 is 0.706 bits per heavy atom. The lowest BCUT2D eigenvalue weighted by molar-refractivity contribution is 0.996. The molecule has 0 radical (unpaired) electrons. The first-order chi connectivity index (χ1) is 25.2. The summed E-state index contributed by atoms with van der Waals surface area (Å²) < 4.78 is 4.41. The molecule has 0 unspecified atom stereocenters. The van der Waals surface area contributed by atoms with E-state index in [-0.39, 0.29) is 0 Å². The van der Waals surface area contributed by atoms with Gasteiger partial charge in [0, 0.05) is 50.5 Å². The minimum absolute atomic E-state index is 0.741. The van der Waals surface area contributed by atoms with Gasteiger partial charge in [-0.1, -0.05) is 104 Å². The van der Waals surface area contributed by atoms with Gasteiger partial charge in [0.2, 0.25) is 0 Å². The van der Waals surface area contributed by atoms with Gasteiger partial charge in [0.05, 0.1) is 11.2 Å². The number of hydrogen-bond donors (Lipinski definition) is 0. The first kappa shape index (κ1) is 31.8. The lowest BCUT2D eigenvalue weighted by Gasteiger charge is -2.28. The molecule has 0 bridgehead atoms. The molecule has 5 heteroatoms. The second-order valence-electron chi connectivity index (χ2n) is 12.6. The van der Waals surface area contributed by atoms with Gasteiger partial charge < -0.3 is 9.47 Å². The molecule has 0 spiro atoms. The second kappa shape index (κ2) is 14.2. The van der Waals surface area contributed by atoms with Crippen molar-refractivity contribution < 1.29 is 0 Å². The van der Waals surface area contributed by atoms with E-state index in [4.69, 9.17) is 0 Å². The van der Waals surface area contributed by atoms with Crippen LogP contribution in [-0.2, 0) is 0 Å². The number of anilines is 2. The molecule has 51 heavy (non-hydrogen) atoms. The van der Waals surface area contributed by atoms with Crippen molar-refractivity contribution in [3.05, 3.63) is 181 Å². The van der Waals surface area contributed by atoms with Gasteiger partial charge in [0.25, 0.3) is 0 Å². The minimum atomic E-state index is 0.741. The third kappa shape index (κ3) is 6.15. The zero-order chi connectivity index (χ0) is 34.6. The fraction of sp³-hybridized carbons (Fsp3) is 0.0870. The number of rotatable bonds is 9. The van der Waals surface area contributed by atoms with Crippen molar-refractivity contribution >= 4 is 40.1 Å². The number of para-hydroxylation sites is 1. The third-order valence-electron chi connectivity index (χ3n) is 9.34. The van der Waals surface area contributed by atoms with Crippen molar-refractivity contribution in [2.45, 2.75) is 26.2 Å². The Labute approximate surface area is 299 Å². The van der Waals surface area contributed by atoms with Gasteiger partial charge in [-0.3, -0.25) is 4.57 Å². The standard InChI is InChI=1S/C46H39N5/c1-3-4-8-17-34(2)49-45(35-18-9-5-10-19-35)47-48-46(49)36-26-28-38(29-27-36)50(37-20-11-6-12-21-37)39-30-32-40(33-31-39)51-43-24-14-7-13-22-41(43)42-23-15-16-25-44(42)51/h3-5,8-11,13-33H,2,6-7,12H2,1H3/b4-3-,17-8-. The molecule has 6 aromatic rings. The summed E-state index contributed by atoms with van der Waals surface area (Å²) in [5, 5.41) is 10.6. The summed E-state index contributed by atoms with van der Waals surface area (Å²) in [5.74, 6) is 1.49. The Morgan fingerprint density at radius 2 is 1.39 bits per heavy atom. The van der Waals surface area contributed by atoms with E-state index < -0.39 is 0 Å². The van der Waals surface area contributed by atoms with E-state index >= 15 is 0 Å². The fourth-order valence-corrected chi connectivity index (χ4v) is 6.94. The molecule has 0 atom stereocenters. The van der Waals surface area contributed by atoms with Crippen LogP contribution in [0.4, 0.5) is 11.4 Å². The quantitative estimate of drug-likeness (QED) is 0.145. The highest BCUT2D eigenvalue weighted by atomic mass is 15.3. The summed E-state index contributed by atoms with van der Waals surface area (Å²) in [4.78, 5) is 2.33. The van der Waals surface area contributed by atoms with Gasteiger partial charge in [0.15, 0.2) is 11.6 Å². The third-order valence-corrected chi connectivity index (χ3v) is 9.34. The Hall–Kier alpha value is -6.46. The van der Waals surface area contributed by atoms with Crippen LogP contribution >= 0.6 is 0 Å². The van der Waals surface area contributed by atoms with Gasteiger partial charge in [-0.2, -0.15) is 0 Å². The average Bonchev–Trinajstić information content (AvgIpc) is 3.67. The number of aromatic nitrogens is 4. The molecule has 0 N–H and O–H groups in total. The zero-order valence-corrected chi connectivity index (χ0v) is 28.7. The number of hydrogen-bond acceptors (Lipinski definition) is 3. The number of benzene rings is 4. The van der Waals surface area contributed by atoms with E-state index in [1.807, 2.05) is 66.1 Å². The lowest BCUT2D eigenvalue weighted by Crippen LogP contribution is -2.16. The number of nitrogens with zero attached hydrogens (tertiary/aromatic N) is 5. The van der Waals surface area contributed by atoms with Crippen molar-refractivity contribution in [1.29, 1.82) is 0 Å². The number of fused-ring (bicyclic) bond motifs is 3. The van der Waals surface area contributed by atoms with E-state index in [2.05, 4.69) is 142 Å². The molecule has 0 saturated carbocycles. The Morgan fingerprint density at radius 3 is 2.12 bits per heavy atom. The highest BCUT2D eigenvalue weighted by Gasteiger charge is 2.20.